The molecule has 1 aromatic heterocycles. The number of piperidine rings is 1. The number of hydrogen-bond acceptors (Lipinski definition) is 4. The summed E-state index contributed by atoms with van der Waals surface area (Å²) >= 11 is 0. The van der Waals surface area contributed by atoms with Crippen LogP contribution in [0.3, 0.4) is 0 Å². The Morgan fingerprint density at radius 2 is 1.85 bits per heavy atom. The first-order chi connectivity index (χ1) is 12.6. The lowest BCUT2D eigenvalue weighted by Gasteiger charge is -2.30. The number of nitrogens with zero attached hydrogens (tertiary/aromatic N) is 3. The first kappa shape index (κ1) is 18.0. The summed E-state index contributed by atoms with van der Waals surface area (Å²) in [7, 11) is -1.33. The Hall–Kier alpha value is -1.41. The lowest BCUT2D eigenvalue weighted by molar-refractivity contribution is 0.148. The Bertz CT molecular complexity index is 861. The highest BCUT2D eigenvalue weighted by atomic mass is 32.2. The van der Waals surface area contributed by atoms with Gasteiger partial charge in [0.1, 0.15) is 0 Å². The van der Waals surface area contributed by atoms with E-state index in [2.05, 4.69) is 28.8 Å². The molecule has 142 valence electrons. The second-order valence-electron chi connectivity index (χ2n) is 7.35. The zero-order chi connectivity index (χ0) is 18.1. The topological polar surface area (TPSA) is 54.8 Å². The van der Waals surface area contributed by atoms with E-state index in [0.29, 0.717) is 37.2 Å². The highest BCUT2D eigenvalue weighted by Gasteiger charge is 2.26. The molecule has 2 aliphatic heterocycles. The Labute approximate surface area is 155 Å². The predicted octanol–water partition coefficient (Wildman–Crippen LogP) is 2.32. The Morgan fingerprint density at radius 1 is 1.04 bits per heavy atom. The van der Waals surface area contributed by atoms with Crippen molar-refractivity contribution in [2.75, 3.05) is 46.4 Å². The van der Waals surface area contributed by atoms with E-state index in [1.807, 2.05) is 12.1 Å². The summed E-state index contributed by atoms with van der Waals surface area (Å²) in [5.74, 6) is 0. The molecule has 0 aliphatic carbocycles. The van der Waals surface area contributed by atoms with Gasteiger partial charge in [-0.05, 0) is 63.0 Å². The molecule has 0 unspecified atom stereocenters. The number of likely N-dealkylation sites (tertiary alicyclic amines) is 1. The fraction of sp³-hybridized carbons (Fsp3) is 0.579. The van der Waals surface area contributed by atoms with Crippen molar-refractivity contribution < 1.29 is 13.2 Å². The van der Waals surface area contributed by atoms with Crippen LogP contribution in [0.5, 0.6) is 0 Å². The number of benzene rings is 1. The molecule has 3 heterocycles. The SMILES string of the molecule is CN1CCC(n2ccc3ccc(S(=O)(=O)N4CCCOCC4)cc32)CC1. The van der Waals surface area contributed by atoms with E-state index in [1.165, 1.54) is 0 Å². The third-order valence-electron chi connectivity index (χ3n) is 5.60. The van der Waals surface area contributed by atoms with Gasteiger partial charge in [-0.25, -0.2) is 8.42 Å². The monoisotopic (exact) mass is 377 g/mol. The largest absolute Gasteiger partial charge is 0.380 e. The highest BCUT2D eigenvalue weighted by Crippen LogP contribution is 2.29. The van der Waals surface area contributed by atoms with Crippen LogP contribution in [0.2, 0.25) is 0 Å². The highest BCUT2D eigenvalue weighted by molar-refractivity contribution is 7.89. The zero-order valence-corrected chi connectivity index (χ0v) is 16.1. The molecular formula is C19H27N3O3S. The standard InChI is InChI=1S/C19H27N3O3S/c1-20-9-6-17(7-10-20)22-11-5-16-3-4-18(15-19(16)22)26(23,24)21-8-2-13-25-14-12-21/h3-5,11,15,17H,2,6-10,12-14H2,1H3. The quantitative estimate of drug-likeness (QED) is 0.824. The van der Waals surface area contributed by atoms with Crippen molar-refractivity contribution in [3.63, 3.8) is 0 Å². The molecular weight excluding hydrogens is 350 g/mol. The van der Waals surface area contributed by atoms with Gasteiger partial charge in [-0.1, -0.05) is 6.07 Å². The maximum absolute atomic E-state index is 13.1. The summed E-state index contributed by atoms with van der Waals surface area (Å²) in [6.45, 7) is 4.20. The van der Waals surface area contributed by atoms with Crippen molar-refractivity contribution in [3.8, 4) is 0 Å². The zero-order valence-electron chi connectivity index (χ0n) is 15.3. The van der Waals surface area contributed by atoms with Crippen molar-refractivity contribution in [1.29, 1.82) is 0 Å². The number of aromatic nitrogens is 1. The van der Waals surface area contributed by atoms with Crippen molar-refractivity contribution >= 4 is 20.9 Å². The van der Waals surface area contributed by atoms with Crippen molar-refractivity contribution in [2.45, 2.75) is 30.2 Å². The van der Waals surface area contributed by atoms with E-state index in [0.717, 1.165) is 43.3 Å². The molecule has 2 fully saturated rings. The number of ether oxygens (including phenoxy) is 1. The summed E-state index contributed by atoms with van der Waals surface area (Å²) in [4.78, 5) is 2.74. The van der Waals surface area contributed by atoms with Gasteiger partial charge in [-0.15, -0.1) is 0 Å². The third kappa shape index (κ3) is 3.41. The van der Waals surface area contributed by atoms with E-state index in [-0.39, 0.29) is 0 Å². The second kappa shape index (κ2) is 7.31. The maximum atomic E-state index is 13.1. The van der Waals surface area contributed by atoms with E-state index in [4.69, 9.17) is 4.74 Å². The van der Waals surface area contributed by atoms with Gasteiger partial charge in [-0.2, -0.15) is 4.31 Å². The fourth-order valence-corrected chi connectivity index (χ4v) is 5.48. The molecule has 0 radical (unpaired) electrons. The van der Waals surface area contributed by atoms with Crippen LogP contribution in [0.4, 0.5) is 0 Å². The predicted molar refractivity (Wildman–Crippen MR) is 102 cm³/mol. The lowest BCUT2D eigenvalue weighted by atomic mass is 10.1. The molecule has 1 aromatic carbocycles. The molecule has 2 aliphatic rings. The third-order valence-corrected chi connectivity index (χ3v) is 7.49. The number of hydrogen-bond donors (Lipinski definition) is 0. The van der Waals surface area contributed by atoms with Gasteiger partial charge in [0.2, 0.25) is 10.0 Å². The number of fused-ring (bicyclic) bond motifs is 1. The first-order valence-electron chi connectivity index (χ1n) is 9.43. The molecule has 0 spiro atoms. The average Bonchev–Trinajstić information content (AvgIpc) is 2.87. The molecule has 2 saturated heterocycles. The summed E-state index contributed by atoms with van der Waals surface area (Å²) in [6, 6.07) is 8.05. The van der Waals surface area contributed by atoms with Crippen LogP contribution in [-0.2, 0) is 14.8 Å². The molecule has 0 bridgehead atoms. The van der Waals surface area contributed by atoms with Crippen LogP contribution < -0.4 is 0 Å². The Balaban J connectivity index is 1.67. The van der Waals surface area contributed by atoms with Gasteiger partial charge >= 0.3 is 0 Å². The fourth-order valence-electron chi connectivity index (χ4n) is 3.99. The Kier molecular flexibility index (Phi) is 5.05. The first-order valence-corrected chi connectivity index (χ1v) is 10.9. The summed E-state index contributed by atoms with van der Waals surface area (Å²) < 4.78 is 35.4. The minimum atomic E-state index is -3.48. The van der Waals surface area contributed by atoms with E-state index in [9.17, 15) is 8.42 Å². The minimum Gasteiger partial charge on any atom is -0.380 e. The van der Waals surface area contributed by atoms with Crippen molar-refractivity contribution in [1.82, 2.24) is 13.8 Å². The molecule has 4 rings (SSSR count). The van der Waals surface area contributed by atoms with Gasteiger partial charge < -0.3 is 14.2 Å². The molecule has 7 heteroatoms. The van der Waals surface area contributed by atoms with Crippen LogP contribution in [0.15, 0.2) is 35.4 Å². The summed E-state index contributed by atoms with van der Waals surface area (Å²) in [5.41, 5.74) is 1.02. The molecule has 6 nitrogen and oxygen atoms in total. The maximum Gasteiger partial charge on any atom is 0.243 e. The number of sulfonamides is 1. The van der Waals surface area contributed by atoms with Gasteiger partial charge in [-0.3, -0.25) is 0 Å². The average molecular weight is 378 g/mol. The molecule has 26 heavy (non-hydrogen) atoms. The smallest absolute Gasteiger partial charge is 0.243 e. The molecule has 0 saturated carbocycles. The summed E-state index contributed by atoms with van der Waals surface area (Å²) in [5, 5.41) is 1.10. The van der Waals surface area contributed by atoms with Gasteiger partial charge in [0.15, 0.2) is 0 Å². The molecule has 2 aromatic rings. The van der Waals surface area contributed by atoms with Crippen LogP contribution >= 0.6 is 0 Å². The summed E-state index contributed by atoms with van der Waals surface area (Å²) in [6.07, 6.45) is 5.05. The van der Waals surface area contributed by atoms with Gasteiger partial charge in [0, 0.05) is 37.5 Å². The molecule has 0 atom stereocenters. The van der Waals surface area contributed by atoms with Crippen LogP contribution in [0.1, 0.15) is 25.3 Å². The van der Waals surface area contributed by atoms with Gasteiger partial charge in [0.05, 0.1) is 11.5 Å². The molecule has 0 N–H and O–H groups in total. The van der Waals surface area contributed by atoms with Crippen LogP contribution in [-0.4, -0.2) is 68.6 Å². The number of rotatable bonds is 3. The van der Waals surface area contributed by atoms with Gasteiger partial charge in [0.25, 0.3) is 0 Å². The minimum absolute atomic E-state index is 0.389. The van der Waals surface area contributed by atoms with Crippen molar-refractivity contribution in [3.05, 3.63) is 30.5 Å². The second-order valence-corrected chi connectivity index (χ2v) is 9.29. The van der Waals surface area contributed by atoms with Crippen LogP contribution in [0, 0.1) is 0 Å². The van der Waals surface area contributed by atoms with E-state index in [1.54, 1.807) is 10.4 Å². The molecule has 0 amide bonds. The van der Waals surface area contributed by atoms with E-state index >= 15 is 0 Å². The lowest BCUT2D eigenvalue weighted by Crippen LogP contribution is -2.33. The van der Waals surface area contributed by atoms with E-state index < -0.39 is 10.0 Å². The van der Waals surface area contributed by atoms with Crippen LogP contribution in [0.25, 0.3) is 10.9 Å². The van der Waals surface area contributed by atoms with Crippen molar-refractivity contribution in [2.24, 2.45) is 0 Å². The normalized spacial score (nSPS) is 21.9. The Morgan fingerprint density at radius 3 is 2.65 bits per heavy atom.